The van der Waals surface area contributed by atoms with E-state index in [1.54, 1.807) is 18.0 Å². The molecule has 4 nitrogen and oxygen atoms in total. The molecular formula is C12H15BrN2O2. The number of nitrogens with zero attached hydrogens (tertiary/aromatic N) is 2. The van der Waals surface area contributed by atoms with Gasteiger partial charge >= 0.3 is 0 Å². The van der Waals surface area contributed by atoms with Crippen molar-refractivity contribution in [1.82, 2.24) is 4.98 Å². The Hall–Kier alpha value is -1.10. The zero-order valence-corrected chi connectivity index (χ0v) is 11.7. The molecule has 2 heterocycles. The van der Waals surface area contributed by atoms with Crippen LogP contribution in [0.1, 0.15) is 20.8 Å². The van der Waals surface area contributed by atoms with Crippen LogP contribution in [-0.2, 0) is 4.79 Å². The number of fused-ring (bicyclic) bond motifs is 1. The van der Waals surface area contributed by atoms with Gasteiger partial charge in [-0.3, -0.25) is 9.69 Å². The molecule has 0 saturated carbocycles. The summed E-state index contributed by atoms with van der Waals surface area (Å²) in [5.41, 5.74) is 0. The van der Waals surface area contributed by atoms with Crippen LogP contribution in [0, 0.1) is 5.92 Å². The minimum atomic E-state index is -0.447. The van der Waals surface area contributed by atoms with Crippen LogP contribution in [0.5, 0.6) is 5.75 Å². The first-order valence-corrected chi connectivity index (χ1v) is 6.42. The van der Waals surface area contributed by atoms with Crippen LogP contribution in [0.25, 0.3) is 0 Å². The van der Waals surface area contributed by atoms with Crippen molar-refractivity contribution in [3.05, 3.63) is 16.7 Å². The SMILES string of the molecule is CC(C)CN1C(=O)C(C)Oc2cc(Br)cnc21. The highest BCUT2D eigenvalue weighted by atomic mass is 79.9. The van der Waals surface area contributed by atoms with Crippen LogP contribution in [0.2, 0.25) is 0 Å². The summed E-state index contributed by atoms with van der Waals surface area (Å²) in [4.78, 5) is 18.0. The number of halogens is 1. The minimum Gasteiger partial charge on any atom is -0.477 e. The molecule has 92 valence electrons. The van der Waals surface area contributed by atoms with Gasteiger partial charge in [0.25, 0.3) is 5.91 Å². The summed E-state index contributed by atoms with van der Waals surface area (Å²) in [6, 6.07) is 1.85. The second-order valence-corrected chi connectivity index (χ2v) is 5.49. The Morgan fingerprint density at radius 2 is 2.29 bits per heavy atom. The molecule has 0 saturated heterocycles. The third-order valence-corrected chi connectivity index (χ3v) is 2.95. The Labute approximate surface area is 109 Å². The zero-order valence-electron chi connectivity index (χ0n) is 10.1. The largest absolute Gasteiger partial charge is 0.477 e. The van der Waals surface area contributed by atoms with Gasteiger partial charge in [-0.2, -0.15) is 0 Å². The molecule has 1 aromatic rings. The van der Waals surface area contributed by atoms with Crippen LogP contribution in [0.4, 0.5) is 5.82 Å². The van der Waals surface area contributed by atoms with Crippen molar-refractivity contribution in [2.45, 2.75) is 26.9 Å². The average Bonchev–Trinajstić information content (AvgIpc) is 2.24. The maximum atomic E-state index is 12.1. The van der Waals surface area contributed by atoms with Gasteiger partial charge in [0.2, 0.25) is 0 Å². The van der Waals surface area contributed by atoms with E-state index in [9.17, 15) is 4.79 Å². The van der Waals surface area contributed by atoms with E-state index < -0.39 is 6.10 Å². The van der Waals surface area contributed by atoms with Crippen molar-refractivity contribution >= 4 is 27.7 Å². The second kappa shape index (κ2) is 4.64. The molecule has 1 aromatic heterocycles. The summed E-state index contributed by atoms with van der Waals surface area (Å²) >= 11 is 3.35. The van der Waals surface area contributed by atoms with Gasteiger partial charge in [-0.1, -0.05) is 13.8 Å². The number of pyridine rings is 1. The molecule has 0 aliphatic carbocycles. The summed E-state index contributed by atoms with van der Waals surface area (Å²) in [5.74, 6) is 1.64. The molecule has 1 unspecified atom stereocenters. The summed E-state index contributed by atoms with van der Waals surface area (Å²) in [6.07, 6.45) is 1.23. The quantitative estimate of drug-likeness (QED) is 0.843. The van der Waals surface area contributed by atoms with Gasteiger partial charge in [-0.05, 0) is 34.8 Å². The Balaban J connectivity index is 2.41. The smallest absolute Gasteiger partial charge is 0.269 e. The van der Waals surface area contributed by atoms with Crippen molar-refractivity contribution in [3.8, 4) is 5.75 Å². The molecule has 0 aromatic carbocycles. The van der Waals surface area contributed by atoms with E-state index >= 15 is 0 Å². The lowest BCUT2D eigenvalue weighted by Gasteiger charge is -2.32. The van der Waals surface area contributed by atoms with Crippen LogP contribution < -0.4 is 9.64 Å². The molecule has 2 rings (SSSR count). The number of carbonyl (C=O) groups excluding carboxylic acids is 1. The van der Waals surface area contributed by atoms with Gasteiger partial charge < -0.3 is 4.74 Å². The minimum absolute atomic E-state index is 0.0268. The lowest BCUT2D eigenvalue weighted by atomic mass is 10.1. The van der Waals surface area contributed by atoms with Crippen molar-refractivity contribution in [2.24, 2.45) is 5.92 Å². The van der Waals surface area contributed by atoms with E-state index in [2.05, 4.69) is 34.8 Å². The zero-order chi connectivity index (χ0) is 12.6. The average molecular weight is 299 g/mol. The van der Waals surface area contributed by atoms with Crippen molar-refractivity contribution in [1.29, 1.82) is 0 Å². The molecule has 17 heavy (non-hydrogen) atoms. The Kier molecular flexibility index (Phi) is 3.38. The first-order valence-electron chi connectivity index (χ1n) is 5.62. The van der Waals surface area contributed by atoms with Gasteiger partial charge in [0, 0.05) is 17.2 Å². The monoisotopic (exact) mass is 298 g/mol. The molecule has 0 N–H and O–H groups in total. The van der Waals surface area contributed by atoms with Crippen molar-refractivity contribution < 1.29 is 9.53 Å². The van der Waals surface area contributed by atoms with Crippen LogP contribution in [-0.4, -0.2) is 23.5 Å². The normalized spacial score (nSPS) is 19.2. The number of carbonyl (C=O) groups is 1. The van der Waals surface area contributed by atoms with E-state index in [4.69, 9.17) is 4.74 Å². The summed E-state index contributed by atoms with van der Waals surface area (Å²) in [6.45, 7) is 6.57. The molecule has 1 atom stereocenters. The Morgan fingerprint density at radius 1 is 1.59 bits per heavy atom. The highest BCUT2D eigenvalue weighted by Crippen LogP contribution is 2.34. The first kappa shape index (κ1) is 12.4. The van der Waals surface area contributed by atoms with E-state index in [1.165, 1.54) is 0 Å². The van der Waals surface area contributed by atoms with E-state index in [1.807, 2.05) is 6.07 Å². The summed E-state index contributed by atoms with van der Waals surface area (Å²) in [5, 5.41) is 0. The molecular weight excluding hydrogens is 284 g/mol. The fourth-order valence-corrected chi connectivity index (χ4v) is 2.12. The third-order valence-electron chi connectivity index (χ3n) is 2.52. The third kappa shape index (κ3) is 2.44. The lowest BCUT2D eigenvalue weighted by Crippen LogP contribution is -2.46. The van der Waals surface area contributed by atoms with E-state index in [0.717, 1.165) is 4.47 Å². The standard InChI is InChI=1S/C12H15BrN2O2/c1-7(2)6-15-11-10(4-9(13)5-14-11)17-8(3)12(15)16/h4-5,7-8H,6H2,1-3H3. The van der Waals surface area contributed by atoms with Gasteiger partial charge in [-0.15, -0.1) is 0 Å². The van der Waals surface area contributed by atoms with Crippen LogP contribution >= 0.6 is 15.9 Å². The molecule has 1 aliphatic rings. The number of hydrogen-bond acceptors (Lipinski definition) is 3. The maximum Gasteiger partial charge on any atom is 0.269 e. The number of anilines is 1. The molecule has 1 aliphatic heterocycles. The number of hydrogen-bond donors (Lipinski definition) is 0. The predicted molar refractivity (Wildman–Crippen MR) is 69.2 cm³/mol. The molecule has 0 radical (unpaired) electrons. The van der Waals surface area contributed by atoms with Gasteiger partial charge in [-0.25, -0.2) is 4.98 Å². The van der Waals surface area contributed by atoms with E-state index in [0.29, 0.717) is 24.0 Å². The summed E-state index contributed by atoms with van der Waals surface area (Å²) in [7, 11) is 0. The first-order chi connectivity index (χ1) is 7.99. The number of amides is 1. The fraction of sp³-hybridized carbons (Fsp3) is 0.500. The van der Waals surface area contributed by atoms with Crippen LogP contribution in [0.15, 0.2) is 16.7 Å². The fourth-order valence-electron chi connectivity index (χ4n) is 1.81. The molecule has 5 heteroatoms. The van der Waals surface area contributed by atoms with Crippen molar-refractivity contribution in [2.75, 3.05) is 11.4 Å². The van der Waals surface area contributed by atoms with E-state index in [-0.39, 0.29) is 5.91 Å². The highest BCUT2D eigenvalue weighted by Gasteiger charge is 2.32. The van der Waals surface area contributed by atoms with Gasteiger partial charge in [0.05, 0.1) is 0 Å². The van der Waals surface area contributed by atoms with Gasteiger partial charge in [0.15, 0.2) is 17.7 Å². The summed E-state index contributed by atoms with van der Waals surface area (Å²) < 4.78 is 6.40. The topological polar surface area (TPSA) is 42.4 Å². The van der Waals surface area contributed by atoms with Crippen LogP contribution in [0.3, 0.4) is 0 Å². The molecule has 0 spiro atoms. The second-order valence-electron chi connectivity index (χ2n) is 4.58. The van der Waals surface area contributed by atoms with Crippen molar-refractivity contribution in [3.63, 3.8) is 0 Å². The molecule has 0 bridgehead atoms. The lowest BCUT2D eigenvalue weighted by molar-refractivity contribution is -0.125. The Morgan fingerprint density at radius 3 is 2.94 bits per heavy atom. The van der Waals surface area contributed by atoms with Gasteiger partial charge in [0.1, 0.15) is 0 Å². The predicted octanol–water partition coefficient (Wildman–Crippen LogP) is 2.61. The molecule has 0 fully saturated rings. The maximum absolute atomic E-state index is 12.1. The molecule has 1 amide bonds. The number of rotatable bonds is 2. The number of ether oxygens (including phenoxy) is 1. The number of aromatic nitrogens is 1. The Bertz CT molecular complexity index is 448. The highest BCUT2D eigenvalue weighted by molar-refractivity contribution is 9.10.